The average molecular weight is 444 g/mol. The number of thiophene rings is 1. The van der Waals surface area contributed by atoms with Gasteiger partial charge in [0.15, 0.2) is 0 Å². The highest BCUT2D eigenvalue weighted by Crippen LogP contribution is 2.21. The summed E-state index contributed by atoms with van der Waals surface area (Å²) < 4.78 is 27.3. The highest BCUT2D eigenvalue weighted by atomic mass is 32.2. The fourth-order valence-electron chi connectivity index (χ4n) is 2.63. The van der Waals surface area contributed by atoms with E-state index in [1.807, 2.05) is 6.92 Å². The number of para-hydroxylation sites is 1. The normalized spacial score (nSPS) is 11.0. The van der Waals surface area contributed by atoms with Gasteiger partial charge in [-0.3, -0.25) is 14.3 Å². The zero-order valence-electron chi connectivity index (χ0n) is 16.2. The van der Waals surface area contributed by atoms with Crippen LogP contribution in [-0.2, 0) is 10.0 Å². The lowest BCUT2D eigenvalue weighted by molar-refractivity contribution is 0.0954. The molecule has 9 heteroatoms. The molecule has 0 spiro atoms. The van der Waals surface area contributed by atoms with Crippen LogP contribution in [0, 0.1) is 0 Å². The van der Waals surface area contributed by atoms with Crippen molar-refractivity contribution >= 4 is 44.5 Å². The second-order valence-corrected chi connectivity index (χ2v) is 9.23. The number of benzene rings is 2. The summed E-state index contributed by atoms with van der Waals surface area (Å²) in [5.41, 5.74) is 1.45. The molecule has 0 saturated heterocycles. The van der Waals surface area contributed by atoms with Crippen LogP contribution in [0.2, 0.25) is 0 Å². The van der Waals surface area contributed by atoms with E-state index in [4.69, 9.17) is 0 Å². The summed E-state index contributed by atoms with van der Waals surface area (Å²) in [6.45, 7) is 2.50. The Morgan fingerprint density at radius 3 is 2.33 bits per heavy atom. The number of rotatable bonds is 8. The van der Waals surface area contributed by atoms with Crippen molar-refractivity contribution in [3.8, 4) is 0 Å². The van der Waals surface area contributed by atoms with Crippen LogP contribution in [-0.4, -0.2) is 26.8 Å². The van der Waals surface area contributed by atoms with E-state index >= 15 is 0 Å². The van der Waals surface area contributed by atoms with Gasteiger partial charge in [-0.1, -0.05) is 25.1 Å². The second-order valence-electron chi connectivity index (χ2n) is 6.37. The largest absolute Gasteiger partial charge is 0.352 e. The Morgan fingerprint density at radius 1 is 0.933 bits per heavy atom. The third kappa shape index (κ3) is 5.25. The average Bonchev–Trinajstić information content (AvgIpc) is 3.29. The lowest BCUT2D eigenvalue weighted by Gasteiger charge is -2.12. The number of amides is 2. The monoisotopic (exact) mass is 443 g/mol. The van der Waals surface area contributed by atoms with Gasteiger partial charge in [0.2, 0.25) is 0 Å². The van der Waals surface area contributed by atoms with Gasteiger partial charge in [-0.05, 0) is 54.3 Å². The quantitative estimate of drug-likeness (QED) is 0.490. The first-order valence-electron chi connectivity index (χ1n) is 9.25. The Bertz CT molecular complexity index is 1130. The lowest BCUT2D eigenvalue weighted by Crippen LogP contribution is -2.25. The standard InChI is InChI=1S/C21H21N3O4S2/c1-2-13-22-21(26)17-6-3-4-7-18(17)23-20(25)15-9-11-16(12-10-15)24-30(27,28)19-8-5-14-29-19/h3-12,14,24H,2,13H2,1H3,(H,22,26)(H,23,25). The zero-order chi connectivity index (χ0) is 21.6. The van der Waals surface area contributed by atoms with Gasteiger partial charge in [-0.25, -0.2) is 8.42 Å². The number of anilines is 2. The summed E-state index contributed by atoms with van der Waals surface area (Å²) in [5.74, 6) is -0.663. The van der Waals surface area contributed by atoms with Crippen molar-refractivity contribution < 1.29 is 18.0 Å². The lowest BCUT2D eigenvalue weighted by atomic mass is 10.1. The molecule has 1 aromatic heterocycles. The van der Waals surface area contributed by atoms with Gasteiger partial charge in [0.1, 0.15) is 4.21 Å². The van der Waals surface area contributed by atoms with E-state index in [-0.39, 0.29) is 10.1 Å². The van der Waals surface area contributed by atoms with Crippen LogP contribution in [0.25, 0.3) is 0 Å². The van der Waals surface area contributed by atoms with Crippen LogP contribution in [0.4, 0.5) is 11.4 Å². The van der Waals surface area contributed by atoms with Gasteiger partial charge >= 0.3 is 0 Å². The molecule has 0 aliphatic rings. The highest BCUT2D eigenvalue weighted by Gasteiger charge is 2.16. The second kappa shape index (κ2) is 9.55. The van der Waals surface area contributed by atoms with Gasteiger partial charge in [0.05, 0.1) is 11.3 Å². The third-order valence-electron chi connectivity index (χ3n) is 4.11. The summed E-state index contributed by atoms with van der Waals surface area (Å²) in [6.07, 6.45) is 0.808. The number of nitrogens with one attached hydrogen (secondary N) is 3. The number of sulfonamides is 1. The Hall–Kier alpha value is -3.17. The molecule has 0 aliphatic carbocycles. The van der Waals surface area contributed by atoms with Crippen LogP contribution in [0.1, 0.15) is 34.1 Å². The predicted octanol–water partition coefficient (Wildman–Crippen LogP) is 3.94. The van der Waals surface area contributed by atoms with Crippen molar-refractivity contribution in [2.24, 2.45) is 0 Å². The number of carbonyl (C=O) groups is 2. The fourth-order valence-corrected chi connectivity index (χ4v) is 4.68. The van der Waals surface area contributed by atoms with Crippen molar-refractivity contribution in [1.29, 1.82) is 0 Å². The summed E-state index contributed by atoms with van der Waals surface area (Å²) in [6, 6.07) is 16.0. The first-order valence-corrected chi connectivity index (χ1v) is 11.6. The molecule has 3 rings (SSSR count). The van der Waals surface area contributed by atoms with Gasteiger partial charge in [-0.15, -0.1) is 11.3 Å². The maximum Gasteiger partial charge on any atom is 0.271 e. The number of carbonyl (C=O) groups excluding carboxylic acids is 2. The number of hydrogen-bond acceptors (Lipinski definition) is 5. The molecule has 1 heterocycles. The predicted molar refractivity (Wildman–Crippen MR) is 119 cm³/mol. The molecule has 7 nitrogen and oxygen atoms in total. The van der Waals surface area contributed by atoms with E-state index in [9.17, 15) is 18.0 Å². The maximum atomic E-state index is 12.6. The molecule has 0 fully saturated rings. The minimum Gasteiger partial charge on any atom is -0.352 e. The van der Waals surface area contributed by atoms with Crippen molar-refractivity contribution in [1.82, 2.24) is 5.32 Å². The van der Waals surface area contributed by atoms with Crippen molar-refractivity contribution in [2.45, 2.75) is 17.6 Å². The zero-order valence-corrected chi connectivity index (χ0v) is 17.8. The molecular formula is C21H21N3O4S2. The van der Waals surface area contributed by atoms with Crippen LogP contribution >= 0.6 is 11.3 Å². The molecule has 30 heavy (non-hydrogen) atoms. The van der Waals surface area contributed by atoms with Gasteiger partial charge in [0.25, 0.3) is 21.8 Å². The fraction of sp³-hybridized carbons (Fsp3) is 0.143. The van der Waals surface area contributed by atoms with E-state index < -0.39 is 15.9 Å². The molecule has 0 atom stereocenters. The molecule has 0 bridgehead atoms. The van der Waals surface area contributed by atoms with Crippen LogP contribution in [0.15, 0.2) is 70.3 Å². The minimum absolute atomic E-state index is 0.210. The summed E-state index contributed by atoms with van der Waals surface area (Å²) >= 11 is 1.12. The molecule has 0 saturated carbocycles. The van der Waals surface area contributed by atoms with Gasteiger partial charge in [-0.2, -0.15) is 0 Å². The van der Waals surface area contributed by atoms with Crippen molar-refractivity contribution in [2.75, 3.05) is 16.6 Å². The van der Waals surface area contributed by atoms with Crippen LogP contribution < -0.4 is 15.4 Å². The molecule has 156 valence electrons. The smallest absolute Gasteiger partial charge is 0.271 e. The van der Waals surface area contributed by atoms with E-state index in [0.717, 1.165) is 17.8 Å². The molecule has 3 aromatic rings. The molecule has 0 aliphatic heterocycles. The Labute approximate surface area is 179 Å². The van der Waals surface area contributed by atoms with Gasteiger partial charge < -0.3 is 10.6 Å². The first-order chi connectivity index (χ1) is 14.4. The summed E-state index contributed by atoms with van der Waals surface area (Å²) in [5, 5.41) is 7.21. The molecule has 0 radical (unpaired) electrons. The molecule has 0 unspecified atom stereocenters. The first kappa shape index (κ1) is 21.5. The Kier molecular flexibility index (Phi) is 6.86. The van der Waals surface area contributed by atoms with Crippen molar-refractivity contribution in [3.05, 3.63) is 77.2 Å². The Balaban J connectivity index is 1.71. The summed E-state index contributed by atoms with van der Waals surface area (Å²) in [4.78, 5) is 24.9. The Morgan fingerprint density at radius 2 is 1.67 bits per heavy atom. The SMILES string of the molecule is CCCNC(=O)c1ccccc1NC(=O)c1ccc(NS(=O)(=O)c2cccs2)cc1. The molecule has 2 amide bonds. The van der Waals surface area contributed by atoms with Gasteiger partial charge in [0, 0.05) is 17.8 Å². The molecule has 2 aromatic carbocycles. The number of hydrogen-bond donors (Lipinski definition) is 3. The maximum absolute atomic E-state index is 12.6. The van der Waals surface area contributed by atoms with E-state index in [1.165, 1.54) is 30.3 Å². The third-order valence-corrected chi connectivity index (χ3v) is 6.89. The van der Waals surface area contributed by atoms with E-state index in [0.29, 0.717) is 29.0 Å². The summed E-state index contributed by atoms with van der Waals surface area (Å²) in [7, 11) is -3.65. The van der Waals surface area contributed by atoms with E-state index in [1.54, 1.807) is 35.7 Å². The van der Waals surface area contributed by atoms with Crippen LogP contribution in [0.3, 0.4) is 0 Å². The highest BCUT2D eigenvalue weighted by molar-refractivity contribution is 7.94. The van der Waals surface area contributed by atoms with Crippen molar-refractivity contribution in [3.63, 3.8) is 0 Å². The topological polar surface area (TPSA) is 104 Å². The molecular weight excluding hydrogens is 422 g/mol. The molecule has 3 N–H and O–H groups in total. The minimum atomic E-state index is -3.65. The van der Waals surface area contributed by atoms with E-state index in [2.05, 4.69) is 15.4 Å². The van der Waals surface area contributed by atoms with Crippen LogP contribution in [0.5, 0.6) is 0 Å².